The minimum Gasteiger partial charge on any atom is -0.460 e. The molecule has 0 aromatic carbocycles. The van der Waals surface area contributed by atoms with Crippen LogP contribution in [0.5, 0.6) is 0 Å². The average molecular weight is 172 g/mol. The molecule has 1 aliphatic rings. The van der Waals surface area contributed by atoms with Gasteiger partial charge in [-0.05, 0) is 12.3 Å². The van der Waals surface area contributed by atoms with Crippen LogP contribution in [-0.2, 0) is 9.53 Å². The topological polar surface area (TPSA) is 46.5 Å². The Labute approximate surface area is 72.7 Å². The number of ether oxygens (including phenoxy) is 1. The van der Waals surface area contributed by atoms with E-state index < -0.39 is 6.10 Å². The van der Waals surface area contributed by atoms with Crippen molar-refractivity contribution in [3.05, 3.63) is 0 Å². The molecule has 3 nitrogen and oxygen atoms in total. The average Bonchev–Trinajstić information content (AvgIpc) is 2.49. The fourth-order valence-electron chi connectivity index (χ4n) is 1.40. The summed E-state index contributed by atoms with van der Waals surface area (Å²) in [4.78, 5) is 10.7. The summed E-state index contributed by atoms with van der Waals surface area (Å²) in [5.74, 6) is 0.0308. The van der Waals surface area contributed by atoms with Crippen LogP contribution >= 0.6 is 0 Å². The van der Waals surface area contributed by atoms with Crippen LogP contribution in [0.1, 0.15) is 33.1 Å². The van der Waals surface area contributed by atoms with Crippen LogP contribution in [0.4, 0.5) is 0 Å². The van der Waals surface area contributed by atoms with Gasteiger partial charge in [-0.25, -0.2) is 0 Å². The predicted molar refractivity (Wildman–Crippen MR) is 44.6 cm³/mol. The lowest BCUT2D eigenvalue weighted by molar-refractivity contribution is -0.146. The van der Waals surface area contributed by atoms with Crippen molar-refractivity contribution < 1.29 is 14.6 Å². The van der Waals surface area contributed by atoms with Crippen molar-refractivity contribution in [2.75, 3.05) is 0 Å². The zero-order valence-electron chi connectivity index (χ0n) is 7.62. The van der Waals surface area contributed by atoms with Crippen molar-refractivity contribution in [2.45, 2.75) is 45.3 Å². The second kappa shape index (κ2) is 3.90. The molecule has 1 rings (SSSR count). The van der Waals surface area contributed by atoms with Gasteiger partial charge < -0.3 is 9.84 Å². The first-order valence-corrected chi connectivity index (χ1v) is 4.52. The highest BCUT2D eigenvalue weighted by Crippen LogP contribution is 2.22. The van der Waals surface area contributed by atoms with E-state index in [0.717, 1.165) is 6.42 Å². The van der Waals surface area contributed by atoms with E-state index in [-0.39, 0.29) is 18.0 Å². The zero-order chi connectivity index (χ0) is 9.14. The van der Waals surface area contributed by atoms with Gasteiger partial charge >= 0.3 is 5.97 Å². The molecule has 3 heteroatoms. The number of hydrogen-bond donors (Lipinski definition) is 1. The van der Waals surface area contributed by atoms with E-state index in [4.69, 9.17) is 4.74 Å². The maximum absolute atomic E-state index is 10.7. The number of aliphatic hydroxyl groups excluding tert-OH is 1. The summed E-state index contributed by atoms with van der Waals surface area (Å²) in [6, 6.07) is 0. The lowest BCUT2D eigenvalue weighted by Gasteiger charge is -2.21. The molecule has 12 heavy (non-hydrogen) atoms. The van der Waals surface area contributed by atoms with E-state index in [1.54, 1.807) is 0 Å². The molecule has 1 saturated heterocycles. The lowest BCUT2D eigenvalue weighted by atomic mass is 9.96. The summed E-state index contributed by atoms with van der Waals surface area (Å²) in [7, 11) is 0. The smallest absolute Gasteiger partial charge is 0.306 e. The summed E-state index contributed by atoms with van der Waals surface area (Å²) in [5.41, 5.74) is 0. The van der Waals surface area contributed by atoms with Crippen LogP contribution in [0.3, 0.4) is 0 Å². The van der Waals surface area contributed by atoms with Crippen molar-refractivity contribution in [2.24, 2.45) is 5.92 Å². The van der Waals surface area contributed by atoms with Crippen LogP contribution in [0.2, 0.25) is 0 Å². The fourth-order valence-corrected chi connectivity index (χ4v) is 1.40. The maximum atomic E-state index is 10.7. The van der Waals surface area contributed by atoms with Gasteiger partial charge in [-0.15, -0.1) is 0 Å². The highest BCUT2D eigenvalue weighted by atomic mass is 16.6. The number of hydrogen-bond acceptors (Lipinski definition) is 3. The van der Waals surface area contributed by atoms with E-state index in [2.05, 4.69) is 0 Å². The van der Waals surface area contributed by atoms with Crippen LogP contribution in [-0.4, -0.2) is 23.3 Å². The van der Waals surface area contributed by atoms with Gasteiger partial charge in [0.15, 0.2) is 0 Å². The van der Waals surface area contributed by atoms with Crippen molar-refractivity contribution >= 4 is 5.97 Å². The summed E-state index contributed by atoms with van der Waals surface area (Å²) in [5, 5.41) is 9.66. The third-order valence-electron chi connectivity index (χ3n) is 2.52. The molecule has 3 atom stereocenters. The van der Waals surface area contributed by atoms with Crippen molar-refractivity contribution in [3.8, 4) is 0 Å². The molecule has 1 heterocycles. The highest BCUT2D eigenvalue weighted by molar-refractivity contribution is 5.71. The van der Waals surface area contributed by atoms with Crippen LogP contribution < -0.4 is 0 Å². The molecule has 1 aliphatic heterocycles. The number of carbonyl (C=O) groups excluding carboxylic acids is 1. The van der Waals surface area contributed by atoms with E-state index in [1.807, 2.05) is 13.8 Å². The molecule has 0 amide bonds. The molecule has 0 aliphatic carbocycles. The molecule has 0 saturated carbocycles. The van der Waals surface area contributed by atoms with Gasteiger partial charge in [-0.2, -0.15) is 0 Å². The van der Waals surface area contributed by atoms with Gasteiger partial charge in [0.25, 0.3) is 0 Å². The number of cyclic esters (lactones) is 1. The normalized spacial score (nSPS) is 28.2. The first-order chi connectivity index (χ1) is 5.65. The third-order valence-corrected chi connectivity index (χ3v) is 2.52. The van der Waals surface area contributed by atoms with Gasteiger partial charge in [0.2, 0.25) is 0 Å². The Bertz CT molecular complexity index is 167. The number of rotatable bonds is 3. The molecular weight excluding hydrogens is 156 g/mol. The van der Waals surface area contributed by atoms with Crippen LogP contribution in [0.25, 0.3) is 0 Å². The molecule has 0 unspecified atom stereocenters. The van der Waals surface area contributed by atoms with Gasteiger partial charge in [-0.3, -0.25) is 4.79 Å². The van der Waals surface area contributed by atoms with E-state index in [1.165, 1.54) is 0 Å². The van der Waals surface area contributed by atoms with Crippen molar-refractivity contribution in [3.63, 3.8) is 0 Å². The Balaban J connectivity index is 2.42. The monoisotopic (exact) mass is 172 g/mol. The molecule has 0 bridgehead atoms. The minimum absolute atomic E-state index is 0.178. The Morgan fingerprint density at radius 2 is 2.42 bits per heavy atom. The molecule has 0 aromatic heterocycles. The lowest BCUT2D eigenvalue weighted by Crippen LogP contribution is -2.31. The molecule has 0 radical (unpaired) electrons. The minimum atomic E-state index is -0.485. The van der Waals surface area contributed by atoms with Gasteiger partial charge in [0.05, 0.1) is 6.10 Å². The van der Waals surface area contributed by atoms with Crippen molar-refractivity contribution in [1.82, 2.24) is 0 Å². The summed E-state index contributed by atoms with van der Waals surface area (Å²) < 4.78 is 4.96. The molecule has 0 aromatic rings. The quantitative estimate of drug-likeness (QED) is 0.648. The zero-order valence-corrected chi connectivity index (χ0v) is 7.62. The molecular formula is C9H16O3. The summed E-state index contributed by atoms with van der Waals surface area (Å²) in [6.07, 6.45) is 1.30. The predicted octanol–water partition coefficient (Wildman–Crippen LogP) is 1.10. The number of aliphatic hydroxyl groups is 1. The maximum Gasteiger partial charge on any atom is 0.306 e. The van der Waals surface area contributed by atoms with E-state index in [0.29, 0.717) is 12.8 Å². The van der Waals surface area contributed by atoms with E-state index >= 15 is 0 Å². The largest absolute Gasteiger partial charge is 0.460 e. The second-order valence-corrected chi connectivity index (χ2v) is 3.44. The van der Waals surface area contributed by atoms with Crippen LogP contribution in [0, 0.1) is 5.92 Å². The van der Waals surface area contributed by atoms with Crippen LogP contribution in [0.15, 0.2) is 0 Å². The van der Waals surface area contributed by atoms with Gasteiger partial charge in [0.1, 0.15) is 6.10 Å². The Morgan fingerprint density at radius 1 is 1.75 bits per heavy atom. The Morgan fingerprint density at radius 3 is 2.83 bits per heavy atom. The number of esters is 1. The fraction of sp³-hybridized carbons (Fsp3) is 0.889. The van der Waals surface area contributed by atoms with Gasteiger partial charge in [-0.1, -0.05) is 20.3 Å². The third kappa shape index (κ3) is 1.97. The second-order valence-electron chi connectivity index (χ2n) is 3.44. The van der Waals surface area contributed by atoms with E-state index in [9.17, 15) is 9.90 Å². The molecule has 70 valence electrons. The SMILES string of the molecule is CC[C@@H](C)[C@@H](O)[C@@H]1CCC(=O)O1. The first-order valence-electron chi connectivity index (χ1n) is 4.52. The van der Waals surface area contributed by atoms with Gasteiger partial charge in [0, 0.05) is 6.42 Å². The molecule has 0 spiro atoms. The van der Waals surface area contributed by atoms with Crippen molar-refractivity contribution in [1.29, 1.82) is 0 Å². The molecule has 1 N–H and O–H groups in total. The Hall–Kier alpha value is -0.570. The Kier molecular flexibility index (Phi) is 3.09. The number of carbonyl (C=O) groups is 1. The first kappa shape index (κ1) is 9.52. The molecule has 1 fully saturated rings. The summed E-state index contributed by atoms with van der Waals surface area (Å²) >= 11 is 0. The summed E-state index contributed by atoms with van der Waals surface area (Å²) in [6.45, 7) is 3.99. The standard InChI is InChI=1S/C9H16O3/c1-3-6(2)9(11)7-4-5-8(10)12-7/h6-7,9,11H,3-5H2,1-2H3/t6-,7+,9-/m1/s1. The highest BCUT2D eigenvalue weighted by Gasteiger charge is 2.32.